The Hall–Kier alpha value is -0.940. The lowest BCUT2D eigenvalue weighted by Gasteiger charge is -2.14. The zero-order valence-corrected chi connectivity index (χ0v) is 9.76. The van der Waals surface area contributed by atoms with E-state index in [1.54, 1.807) is 6.33 Å². The van der Waals surface area contributed by atoms with E-state index in [9.17, 15) is 5.11 Å². The van der Waals surface area contributed by atoms with Gasteiger partial charge in [-0.1, -0.05) is 6.42 Å². The van der Waals surface area contributed by atoms with Gasteiger partial charge < -0.3 is 10.4 Å². The zero-order valence-electron chi connectivity index (χ0n) is 9.76. The Balaban J connectivity index is 1.75. The summed E-state index contributed by atoms with van der Waals surface area (Å²) in [5, 5.41) is 17.1. The summed E-state index contributed by atoms with van der Waals surface area (Å²) in [6.07, 6.45) is 4.71. The van der Waals surface area contributed by atoms with Crippen molar-refractivity contribution >= 4 is 0 Å². The van der Waals surface area contributed by atoms with Gasteiger partial charge >= 0.3 is 0 Å². The number of aromatic nitrogens is 3. The molecule has 2 rings (SSSR count). The lowest BCUT2D eigenvalue weighted by Crippen LogP contribution is -2.28. The molecule has 90 valence electrons. The van der Waals surface area contributed by atoms with Crippen molar-refractivity contribution in [1.29, 1.82) is 0 Å². The van der Waals surface area contributed by atoms with Crippen LogP contribution in [0.15, 0.2) is 6.33 Å². The van der Waals surface area contributed by atoms with E-state index in [-0.39, 0.29) is 6.10 Å². The smallest absolute Gasteiger partial charge is 0.140 e. The summed E-state index contributed by atoms with van der Waals surface area (Å²) in [4.78, 5) is 4.20. The van der Waals surface area contributed by atoms with Crippen LogP contribution in [0.3, 0.4) is 0 Å². The summed E-state index contributed by atoms with van der Waals surface area (Å²) in [7, 11) is 0. The van der Waals surface area contributed by atoms with Crippen LogP contribution in [0.25, 0.3) is 0 Å². The van der Waals surface area contributed by atoms with Crippen molar-refractivity contribution in [1.82, 2.24) is 20.1 Å². The van der Waals surface area contributed by atoms with Gasteiger partial charge in [0.25, 0.3) is 0 Å². The van der Waals surface area contributed by atoms with Gasteiger partial charge in [0.05, 0.1) is 12.6 Å². The molecule has 1 saturated carbocycles. The van der Waals surface area contributed by atoms with Crippen molar-refractivity contribution in [2.45, 2.75) is 45.4 Å². The second-order valence-electron chi connectivity index (χ2n) is 4.38. The second-order valence-corrected chi connectivity index (χ2v) is 4.38. The number of nitrogens with one attached hydrogen (secondary N) is 1. The highest BCUT2D eigenvalue weighted by Gasteiger charge is 2.24. The van der Waals surface area contributed by atoms with Gasteiger partial charge in [-0.2, -0.15) is 5.10 Å². The summed E-state index contributed by atoms with van der Waals surface area (Å²) in [5.41, 5.74) is 0. The fourth-order valence-corrected chi connectivity index (χ4v) is 2.31. The molecule has 5 heteroatoms. The molecule has 1 fully saturated rings. The van der Waals surface area contributed by atoms with Crippen molar-refractivity contribution in [3.63, 3.8) is 0 Å². The van der Waals surface area contributed by atoms with Crippen molar-refractivity contribution < 1.29 is 5.11 Å². The van der Waals surface area contributed by atoms with E-state index in [2.05, 4.69) is 22.3 Å². The summed E-state index contributed by atoms with van der Waals surface area (Å²) < 4.78 is 1.89. The molecule has 0 bridgehead atoms. The molecular formula is C11H20N4O. The molecule has 0 aromatic carbocycles. The summed E-state index contributed by atoms with van der Waals surface area (Å²) in [6.45, 7) is 4.51. The molecule has 1 aromatic heterocycles. The van der Waals surface area contributed by atoms with E-state index in [4.69, 9.17) is 0 Å². The average molecular weight is 224 g/mol. The molecule has 0 aliphatic heterocycles. The molecule has 1 aliphatic carbocycles. The maximum absolute atomic E-state index is 9.67. The molecule has 2 atom stereocenters. The monoisotopic (exact) mass is 224 g/mol. The first-order chi connectivity index (χ1) is 7.81. The van der Waals surface area contributed by atoms with Gasteiger partial charge in [-0.25, -0.2) is 9.67 Å². The number of aliphatic hydroxyl groups is 1. The van der Waals surface area contributed by atoms with Crippen molar-refractivity contribution in [3.8, 4) is 0 Å². The van der Waals surface area contributed by atoms with Crippen LogP contribution in [0, 0.1) is 5.92 Å². The van der Waals surface area contributed by atoms with Crippen molar-refractivity contribution in [2.75, 3.05) is 6.54 Å². The van der Waals surface area contributed by atoms with E-state index in [0.717, 1.165) is 44.7 Å². The predicted octanol–water partition coefficient (Wildman–Crippen LogP) is 0.549. The van der Waals surface area contributed by atoms with Crippen LogP contribution < -0.4 is 5.32 Å². The molecular weight excluding hydrogens is 204 g/mol. The fourth-order valence-electron chi connectivity index (χ4n) is 2.31. The molecule has 5 nitrogen and oxygen atoms in total. The molecule has 2 N–H and O–H groups in total. The summed E-state index contributed by atoms with van der Waals surface area (Å²) in [5.74, 6) is 1.38. The minimum atomic E-state index is -0.114. The van der Waals surface area contributed by atoms with Gasteiger partial charge in [0.2, 0.25) is 0 Å². The Bertz CT molecular complexity index is 326. The fraction of sp³-hybridized carbons (Fsp3) is 0.818. The maximum atomic E-state index is 9.67. The van der Waals surface area contributed by atoms with Gasteiger partial charge in [-0.15, -0.1) is 0 Å². The van der Waals surface area contributed by atoms with Crippen LogP contribution in [0.1, 0.15) is 32.0 Å². The van der Waals surface area contributed by atoms with Gasteiger partial charge in [-0.05, 0) is 25.7 Å². The first-order valence-electron chi connectivity index (χ1n) is 6.06. The van der Waals surface area contributed by atoms with E-state index in [1.807, 2.05) is 4.68 Å². The normalized spacial score (nSPS) is 25.1. The lowest BCUT2D eigenvalue weighted by atomic mass is 10.1. The van der Waals surface area contributed by atoms with Crippen LogP contribution >= 0.6 is 0 Å². The van der Waals surface area contributed by atoms with Gasteiger partial charge in [-0.3, -0.25) is 0 Å². The Morgan fingerprint density at radius 1 is 1.56 bits per heavy atom. The maximum Gasteiger partial charge on any atom is 0.140 e. The molecule has 0 radical (unpaired) electrons. The highest BCUT2D eigenvalue weighted by molar-refractivity contribution is 4.85. The molecule has 0 saturated heterocycles. The summed E-state index contributed by atoms with van der Waals surface area (Å²) in [6, 6.07) is 0. The quantitative estimate of drug-likeness (QED) is 0.766. The molecule has 1 aromatic rings. The molecule has 2 unspecified atom stereocenters. The number of aryl methyl sites for hydroxylation is 1. The van der Waals surface area contributed by atoms with Crippen LogP contribution in [0.4, 0.5) is 0 Å². The third-order valence-corrected chi connectivity index (χ3v) is 3.30. The second kappa shape index (κ2) is 5.41. The third-order valence-electron chi connectivity index (χ3n) is 3.30. The summed E-state index contributed by atoms with van der Waals surface area (Å²) >= 11 is 0. The Morgan fingerprint density at radius 3 is 3.12 bits per heavy atom. The zero-order chi connectivity index (χ0) is 11.4. The number of hydrogen-bond acceptors (Lipinski definition) is 4. The van der Waals surface area contributed by atoms with Gasteiger partial charge in [0, 0.05) is 13.1 Å². The first-order valence-corrected chi connectivity index (χ1v) is 6.06. The average Bonchev–Trinajstić information content (AvgIpc) is 2.88. The highest BCUT2D eigenvalue weighted by atomic mass is 16.3. The van der Waals surface area contributed by atoms with Crippen LogP contribution in [0.5, 0.6) is 0 Å². The molecule has 1 aliphatic rings. The Labute approximate surface area is 95.9 Å². The van der Waals surface area contributed by atoms with E-state index >= 15 is 0 Å². The minimum Gasteiger partial charge on any atom is -0.393 e. The number of rotatable bonds is 5. The molecule has 0 spiro atoms. The van der Waals surface area contributed by atoms with E-state index in [0.29, 0.717) is 5.92 Å². The van der Waals surface area contributed by atoms with Crippen LogP contribution in [-0.4, -0.2) is 32.5 Å². The predicted molar refractivity (Wildman–Crippen MR) is 60.8 cm³/mol. The standard InChI is InChI=1S/C11H20N4O/c1-2-15-11(13-8-14-15)7-12-6-9-4-3-5-10(9)16/h8-10,12,16H,2-7H2,1H3. The lowest BCUT2D eigenvalue weighted by molar-refractivity contribution is 0.131. The van der Waals surface area contributed by atoms with Crippen LogP contribution in [0.2, 0.25) is 0 Å². The Kier molecular flexibility index (Phi) is 3.90. The molecule has 0 amide bonds. The first kappa shape index (κ1) is 11.5. The van der Waals surface area contributed by atoms with Gasteiger partial charge in [0.15, 0.2) is 0 Å². The van der Waals surface area contributed by atoms with Crippen molar-refractivity contribution in [3.05, 3.63) is 12.2 Å². The highest BCUT2D eigenvalue weighted by Crippen LogP contribution is 2.24. The van der Waals surface area contributed by atoms with Gasteiger partial charge in [0.1, 0.15) is 12.2 Å². The van der Waals surface area contributed by atoms with Crippen molar-refractivity contribution in [2.24, 2.45) is 5.92 Å². The molecule has 1 heterocycles. The number of hydrogen-bond donors (Lipinski definition) is 2. The topological polar surface area (TPSA) is 63.0 Å². The number of aliphatic hydroxyl groups excluding tert-OH is 1. The number of nitrogens with zero attached hydrogens (tertiary/aromatic N) is 3. The van der Waals surface area contributed by atoms with E-state index < -0.39 is 0 Å². The Morgan fingerprint density at radius 2 is 2.44 bits per heavy atom. The largest absolute Gasteiger partial charge is 0.393 e. The molecule has 16 heavy (non-hydrogen) atoms. The minimum absolute atomic E-state index is 0.114. The third kappa shape index (κ3) is 2.59. The van der Waals surface area contributed by atoms with E-state index in [1.165, 1.54) is 0 Å². The SMILES string of the molecule is CCn1ncnc1CNCC1CCCC1O. The van der Waals surface area contributed by atoms with Crippen LogP contribution in [-0.2, 0) is 13.1 Å².